The highest BCUT2D eigenvalue weighted by Gasteiger charge is 2.34. The van der Waals surface area contributed by atoms with Gasteiger partial charge in [-0.1, -0.05) is 20.4 Å². The summed E-state index contributed by atoms with van der Waals surface area (Å²) in [5.41, 5.74) is 1.32. The second kappa shape index (κ2) is 6.18. The van der Waals surface area contributed by atoms with Gasteiger partial charge in [0, 0.05) is 44.3 Å². The minimum absolute atomic E-state index is 0.547. The maximum absolute atomic E-state index is 4.22. The first-order valence-corrected chi connectivity index (χ1v) is 7.44. The summed E-state index contributed by atoms with van der Waals surface area (Å²) in [6.45, 7) is 16.8. The summed E-state index contributed by atoms with van der Waals surface area (Å²) < 4.78 is 0. The molecule has 18 heavy (non-hydrogen) atoms. The number of hydrogen-bond acceptors (Lipinski definition) is 3. The van der Waals surface area contributed by atoms with E-state index in [1.54, 1.807) is 0 Å². The molecule has 0 aromatic rings. The van der Waals surface area contributed by atoms with Crippen LogP contribution in [0.15, 0.2) is 12.2 Å². The molecule has 0 saturated carbocycles. The molecule has 0 aromatic carbocycles. The zero-order valence-corrected chi connectivity index (χ0v) is 12.3. The first-order valence-electron chi connectivity index (χ1n) is 7.44. The molecule has 104 valence electrons. The summed E-state index contributed by atoms with van der Waals surface area (Å²) in [6.07, 6.45) is 2.78. The molecule has 0 spiro atoms. The molecular formula is C15H29N3. The predicted molar refractivity (Wildman–Crippen MR) is 77.9 cm³/mol. The van der Waals surface area contributed by atoms with Crippen molar-refractivity contribution in [3.05, 3.63) is 12.2 Å². The Morgan fingerprint density at radius 3 is 2.89 bits per heavy atom. The molecule has 2 fully saturated rings. The molecule has 0 amide bonds. The topological polar surface area (TPSA) is 18.5 Å². The Balaban J connectivity index is 1.79. The molecule has 2 aliphatic rings. The van der Waals surface area contributed by atoms with Gasteiger partial charge >= 0.3 is 0 Å². The van der Waals surface area contributed by atoms with Crippen LogP contribution in [0.2, 0.25) is 0 Å². The van der Waals surface area contributed by atoms with Crippen molar-refractivity contribution < 1.29 is 0 Å². The summed E-state index contributed by atoms with van der Waals surface area (Å²) in [4.78, 5) is 5.30. The predicted octanol–water partition coefficient (Wildman–Crippen LogP) is 1.71. The van der Waals surface area contributed by atoms with E-state index >= 15 is 0 Å². The summed E-state index contributed by atoms with van der Waals surface area (Å²) in [7, 11) is 0. The Kier molecular flexibility index (Phi) is 4.82. The average molecular weight is 251 g/mol. The van der Waals surface area contributed by atoms with Crippen molar-refractivity contribution in [1.29, 1.82) is 0 Å². The monoisotopic (exact) mass is 251 g/mol. The maximum Gasteiger partial charge on any atom is 0.0224 e. The molecule has 2 atom stereocenters. The molecule has 2 heterocycles. The second-order valence-corrected chi connectivity index (χ2v) is 6.36. The second-order valence-electron chi connectivity index (χ2n) is 6.36. The molecule has 3 nitrogen and oxygen atoms in total. The van der Waals surface area contributed by atoms with Gasteiger partial charge in [-0.2, -0.15) is 0 Å². The van der Waals surface area contributed by atoms with Gasteiger partial charge in [0.1, 0.15) is 0 Å². The summed E-state index contributed by atoms with van der Waals surface area (Å²) in [5, 5.41) is 3.46. The van der Waals surface area contributed by atoms with Gasteiger partial charge in [0.2, 0.25) is 0 Å². The Bertz CT molecular complexity index is 287. The number of piperazine rings is 1. The maximum atomic E-state index is 4.22. The van der Waals surface area contributed by atoms with E-state index in [1.165, 1.54) is 38.0 Å². The Morgan fingerprint density at radius 2 is 2.17 bits per heavy atom. The van der Waals surface area contributed by atoms with E-state index in [9.17, 15) is 0 Å². The third-order valence-electron chi connectivity index (χ3n) is 4.25. The van der Waals surface area contributed by atoms with Crippen molar-refractivity contribution in [3.63, 3.8) is 0 Å². The molecule has 1 N–H and O–H groups in total. The standard InChI is InChI=1S/C15H29N3/c1-12(2)16-8-13(3)9-18-11-15-6-5-7-17(15)10-14(18)4/h12,14-16H,3,5-11H2,1-2,4H3. The van der Waals surface area contributed by atoms with Crippen LogP contribution in [0.1, 0.15) is 33.6 Å². The lowest BCUT2D eigenvalue weighted by Gasteiger charge is -2.42. The van der Waals surface area contributed by atoms with Crippen LogP contribution in [0.5, 0.6) is 0 Å². The van der Waals surface area contributed by atoms with Crippen LogP contribution in [-0.4, -0.2) is 60.6 Å². The lowest BCUT2D eigenvalue weighted by atomic mass is 10.1. The molecule has 2 rings (SSSR count). The molecule has 2 aliphatic heterocycles. The van der Waals surface area contributed by atoms with Crippen LogP contribution in [-0.2, 0) is 0 Å². The number of hydrogen-bond donors (Lipinski definition) is 1. The fourth-order valence-electron chi connectivity index (χ4n) is 3.16. The van der Waals surface area contributed by atoms with Crippen LogP contribution >= 0.6 is 0 Å². The van der Waals surface area contributed by atoms with Crippen LogP contribution in [0.25, 0.3) is 0 Å². The van der Waals surface area contributed by atoms with Crippen molar-refractivity contribution in [2.45, 2.75) is 51.7 Å². The van der Waals surface area contributed by atoms with Crippen LogP contribution in [0.4, 0.5) is 0 Å². The summed E-state index contributed by atoms with van der Waals surface area (Å²) >= 11 is 0. The number of nitrogens with zero attached hydrogens (tertiary/aromatic N) is 2. The van der Waals surface area contributed by atoms with Gasteiger partial charge in [-0.3, -0.25) is 9.80 Å². The Morgan fingerprint density at radius 1 is 1.39 bits per heavy atom. The van der Waals surface area contributed by atoms with Gasteiger partial charge in [0.15, 0.2) is 0 Å². The Labute approximate surface area is 112 Å². The normalized spacial score (nSPS) is 29.8. The van der Waals surface area contributed by atoms with Crippen molar-refractivity contribution >= 4 is 0 Å². The van der Waals surface area contributed by atoms with E-state index in [1.807, 2.05) is 0 Å². The van der Waals surface area contributed by atoms with Crippen molar-refractivity contribution in [3.8, 4) is 0 Å². The number of rotatable bonds is 5. The summed E-state index contributed by atoms with van der Waals surface area (Å²) in [5.74, 6) is 0. The highest BCUT2D eigenvalue weighted by atomic mass is 15.3. The Hall–Kier alpha value is -0.380. The third kappa shape index (κ3) is 3.56. The van der Waals surface area contributed by atoms with Gasteiger partial charge < -0.3 is 5.32 Å². The number of fused-ring (bicyclic) bond motifs is 1. The van der Waals surface area contributed by atoms with Crippen LogP contribution in [0, 0.1) is 0 Å². The highest BCUT2D eigenvalue weighted by molar-refractivity contribution is 5.03. The van der Waals surface area contributed by atoms with E-state index in [0.29, 0.717) is 12.1 Å². The molecule has 2 unspecified atom stereocenters. The molecule has 0 aliphatic carbocycles. The lowest BCUT2D eigenvalue weighted by Crippen LogP contribution is -2.55. The quantitative estimate of drug-likeness (QED) is 0.751. The summed E-state index contributed by atoms with van der Waals surface area (Å²) in [6, 6.07) is 2.04. The van der Waals surface area contributed by atoms with Gasteiger partial charge in [-0.15, -0.1) is 0 Å². The molecule has 0 aromatic heterocycles. The molecule has 3 heteroatoms. The van der Waals surface area contributed by atoms with Crippen molar-refractivity contribution in [2.75, 3.05) is 32.7 Å². The first-order chi connectivity index (χ1) is 8.56. The molecular weight excluding hydrogens is 222 g/mol. The van der Waals surface area contributed by atoms with E-state index in [4.69, 9.17) is 0 Å². The smallest absolute Gasteiger partial charge is 0.0224 e. The van der Waals surface area contributed by atoms with Gasteiger partial charge in [0.25, 0.3) is 0 Å². The van der Waals surface area contributed by atoms with E-state index in [0.717, 1.165) is 19.1 Å². The fraction of sp³-hybridized carbons (Fsp3) is 0.867. The number of nitrogens with one attached hydrogen (secondary N) is 1. The van der Waals surface area contributed by atoms with E-state index in [-0.39, 0.29) is 0 Å². The van der Waals surface area contributed by atoms with Crippen LogP contribution < -0.4 is 5.32 Å². The van der Waals surface area contributed by atoms with Crippen LogP contribution in [0.3, 0.4) is 0 Å². The fourth-order valence-corrected chi connectivity index (χ4v) is 3.16. The molecule has 0 radical (unpaired) electrons. The minimum atomic E-state index is 0.547. The first kappa shape index (κ1) is 14.0. The zero-order chi connectivity index (χ0) is 13.1. The third-order valence-corrected chi connectivity index (χ3v) is 4.25. The largest absolute Gasteiger partial charge is 0.311 e. The van der Waals surface area contributed by atoms with E-state index < -0.39 is 0 Å². The highest BCUT2D eigenvalue weighted by Crippen LogP contribution is 2.24. The van der Waals surface area contributed by atoms with Gasteiger partial charge in [0.05, 0.1) is 0 Å². The van der Waals surface area contributed by atoms with E-state index in [2.05, 4.69) is 42.5 Å². The van der Waals surface area contributed by atoms with Crippen molar-refractivity contribution in [2.24, 2.45) is 0 Å². The SMILES string of the molecule is C=C(CNC(C)C)CN1CC2CCCN2CC1C. The van der Waals surface area contributed by atoms with Gasteiger partial charge in [-0.05, 0) is 31.9 Å². The lowest BCUT2D eigenvalue weighted by molar-refractivity contribution is 0.0662. The minimum Gasteiger partial charge on any atom is -0.311 e. The van der Waals surface area contributed by atoms with Gasteiger partial charge in [-0.25, -0.2) is 0 Å². The molecule has 2 saturated heterocycles. The molecule has 0 bridgehead atoms. The average Bonchev–Trinajstić information content (AvgIpc) is 2.74. The zero-order valence-electron chi connectivity index (χ0n) is 12.3. The van der Waals surface area contributed by atoms with Crippen molar-refractivity contribution in [1.82, 2.24) is 15.1 Å².